The number of hydrogen-bond acceptors (Lipinski definition) is 5. The van der Waals surface area contributed by atoms with Crippen molar-refractivity contribution in [3.8, 4) is 0 Å². The second-order valence-corrected chi connectivity index (χ2v) is 10.4. The maximum atomic E-state index is 14.1. The van der Waals surface area contributed by atoms with Crippen molar-refractivity contribution in [2.75, 3.05) is 13.6 Å². The largest absolute Gasteiger partial charge is 1.00 e. The third kappa shape index (κ3) is 7.55. The molecule has 2 aliphatic heterocycles. The van der Waals surface area contributed by atoms with Gasteiger partial charge in [0.05, 0.1) is 12.1 Å². The lowest BCUT2D eigenvalue weighted by Crippen LogP contribution is -3.00. The molecule has 40 heavy (non-hydrogen) atoms. The predicted molar refractivity (Wildman–Crippen MR) is 148 cm³/mol. The third-order valence-electron chi connectivity index (χ3n) is 8.13. The van der Waals surface area contributed by atoms with Gasteiger partial charge in [-0.05, 0) is 69.2 Å². The summed E-state index contributed by atoms with van der Waals surface area (Å²) in [6, 6.07) is 17.8. The fourth-order valence-corrected chi connectivity index (χ4v) is 6.06. The summed E-state index contributed by atoms with van der Waals surface area (Å²) in [5.74, 6) is -0.579. The van der Waals surface area contributed by atoms with Crippen molar-refractivity contribution in [3.63, 3.8) is 0 Å². The lowest BCUT2D eigenvalue weighted by molar-refractivity contribution is -0.143. The number of carbonyl (C=O) groups excluding carboxylic acids is 3. The van der Waals surface area contributed by atoms with Gasteiger partial charge in [-0.1, -0.05) is 67.6 Å². The first-order valence-corrected chi connectivity index (χ1v) is 13.9. The molecule has 0 bridgehead atoms. The summed E-state index contributed by atoms with van der Waals surface area (Å²) in [6.45, 7) is 2.37. The number of rotatable bonds is 10. The summed E-state index contributed by atoms with van der Waals surface area (Å²) in [4.78, 5) is 42.6. The molecule has 220 valence electrons. The highest BCUT2D eigenvalue weighted by Gasteiger charge is 2.47. The quantitative estimate of drug-likeness (QED) is 0.229. The molecule has 2 aliphatic rings. The second-order valence-electron chi connectivity index (χ2n) is 10.4. The van der Waals surface area contributed by atoms with Crippen LogP contribution < -0.4 is 46.5 Å². The predicted octanol–water partition coefficient (Wildman–Crippen LogP) is -3.50. The molecule has 2 aromatic rings. The van der Waals surface area contributed by atoms with E-state index in [1.807, 2.05) is 67.6 Å². The molecule has 8 nitrogen and oxygen atoms in total. The molecule has 0 saturated carbocycles. The van der Waals surface area contributed by atoms with Crippen molar-refractivity contribution in [1.82, 2.24) is 20.9 Å². The number of benzene rings is 2. The van der Waals surface area contributed by atoms with E-state index in [2.05, 4.69) is 16.0 Å². The van der Waals surface area contributed by atoms with Crippen LogP contribution in [0.1, 0.15) is 62.6 Å². The van der Waals surface area contributed by atoms with Gasteiger partial charge in [0.15, 0.2) is 0 Å². The highest BCUT2D eigenvalue weighted by Crippen LogP contribution is 2.35. The Kier molecular flexibility index (Phi) is 13.4. The first-order chi connectivity index (χ1) is 18.5. The van der Waals surface area contributed by atoms with Gasteiger partial charge < -0.3 is 51.4 Å². The van der Waals surface area contributed by atoms with E-state index in [4.69, 9.17) is 5.73 Å². The Labute approximate surface area is 250 Å². The number of fused-ring (bicyclic) bond motifs is 1. The van der Waals surface area contributed by atoms with Crippen LogP contribution in [0.3, 0.4) is 0 Å². The average Bonchev–Trinajstić information content (AvgIpc) is 3.33. The van der Waals surface area contributed by atoms with Gasteiger partial charge >= 0.3 is 0 Å². The fraction of sp³-hybridized carbons (Fsp3) is 0.500. The first-order valence-electron chi connectivity index (χ1n) is 13.9. The molecule has 2 heterocycles. The lowest BCUT2D eigenvalue weighted by atomic mass is 9.90. The number of hydrogen-bond donors (Lipinski definition) is 4. The number of likely N-dealkylation sites (N-methyl/N-ethyl adjacent to an activating group) is 1. The topological polar surface area (TPSA) is 117 Å². The van der Waals surface area contributed by atoms with Gasteiger partial charge in [-0.3, -0.25) is 14.4 Å². The Morgan fingerprint density at radius 1 is 0.950 bits per heavy atom. The van der Waals surface area contributed by atoms with E-state index in [0.29, 0.717) is 25.8 Å². The average molecular weight is 591 g/mol. The second kappa shape index (κ2) is 16.0. The molecule has 0 spiro atoms. The number of nitrogens with two attached hydrogens (primary N) is 1. The van der Waals surface area contributed by atoms with E-state index in [1.165, 1.54) is 0 Å². The van der Waals surface area contributed by atoms with Gasteiger partial charge in [-0.15, -0.1) is 0 Å². The van der Waals surface area contributed by atoms with Crippen molar-refractivity contribution in [3.05, 3.63) is 71.8 Å². The maximum Gasteiger partial charge on any atom is 0.246 e. The van der Waals surface area contributed by atoms with Crippen LogP contribution in [0.15, 0.2) is 60.7 Å². The Bertz CT molecular complexity index is 1050. The van der Waals surface area contributed by atoms with E-state index in [-0.39, 0.29) is 66.6 Å². The summed E-state index contributed by atoms with van der Waals surface area (Å²) in [5.41, 5.74) is 7.87. The molecule has 5 N–H and O–H groups in total. The molecule has 4 rings (SSSR count). The van der Waals surface area contributed by atoms with Gasteiger partial charge in [0, 0.05) is 6.04 Å². The zero-order chi connectivity index (χ0) is 27.1. The molecule has 0 aromatic heterocycles. The Morgan fingerprint density at radius 3 is 2.05 bits per heavy atom. The highest BCUT2D eigenvalue weighted by atomic mass is 35.5. The SMILES string of the molecule is CC[C@H](NC)C(=O)N[C@@H]1C(=O)N2[C@@H](CC[C@@H]1CCN)CC[C@H]2C(=O)NC(c1ccccc1)c1ccccc1.[Cl-].[Cl-]. The molecular weight excluding hydrogens is 549 g/mol. The van der Waals surface area contributed by atoms with Crippen LogP contribution in [0, 0.1) is 5.92 Å². The molecule has 2 fully saturated rings. The molecule has 10 heteroatoms. The zero-order valence-corrected chi connectivity index (χ0v) is 24.7. The molecule has 0 aliphatic carbocycles. The van der Waals surface area contributed by atoms with Crippen LogP contribution in [0.25, 0.3) is 0 Å². The Hall–Kier alpha value is -2.65. The van der Waals surface area contributed by atoms with Gasteiger partial charge in [0.1, 0.15) is 12.1 Å². The van der Waals surface area contributed by atoms with E-state index in [1.54, 1.807) is 11.9 Å². The first kappa shape index (κ1) is 33.6. The normalized spacial score (nSPS) is 22.8. The van der Waals surface area contributed by atoms with E-state index in [0.717, 1.165) is 30.4 Å². The van der Waals surface area contributed by atoms with Crippen molar-refractivity contribution in [2.45, 2.75) is 75.7 Å². The zero-order valence-electron chi connectivity index (χ0n) is 23.2. The van der Waals surface area contributed by atoms with Crippen LogP contribution in [0.5, 0.6) is 0 Å². The van der Waals surface area contributed by atoms with Crippen LogP contribution in [0.4, 0.5) is 0 Å². The minimum atomic E-state index is -0.689. The van der Waals surface area contributed by atoms with Crippen molar-refractivity contribution in [2.24, 2.45) is 11.7 Å². The maximum absolute atomic E-state index is 14.1. The van der Waals surface area contributed by atoms with Crippen LogP contribution in [0.2, 0.25) is 0 Å². The summed E-state index contributed by atoms with van der Waals surface area (Å²) < 4.78 is 0. The smallest absolute Gasteiger partial charge is 0.246 e. The molecule has 0 radical (unpaired) electrons. The van der Waals surface area contributed by atoms with Crippen molar-refractivity contribution in [1.29, 1.82) is 0 Å². The van der Waals surface area contributed by atoms with E-state index in [9.17, 15) is 14.4 Å². The number of amides is 3. The summed E-state index contributed by atoms with van der Waals surface area (Å²) in [7, 11) is 1.74. The number of nitrogens with zero attached hydrogens (tertiary/aromatic N) is 1. The van der Waals surface area contributed by atoms with Crippen molar-refractivity contribution < 1.29 is 39.2 Å². The fourth-order valence-electron chi connectivity index (χ4n) is 6.06. The molecule has 0 unspecified atom stereocenters. The van der Waals surface area contributed by atoms with Gasteiger partial charge in [0.2, 0.25) is 17.7 Å². The molecule has 3 amide bonds. The summed E-state index contributed by atoms with van der Waals surface area (Å²) in [5, 5.41) is 9.29. The molecule has 5 atom stereocenters. The summed E-state index contributed by atoms with van der Waals surface area (Å²) >= 11 is 0. The molecule has 2 saturated heterocycles. The van der Waals surface area contributed by atoms with Crippen LogP contribution in [-0.4, -0.2) is 60.4 Å². The van der Waals surface area contributed by atoms with Crippen LogP contribution >= 0.6 is 0 Å². The minimum Gasteiger partial charge on any atom is -1.00 e. The number of halogens is 2. The minimum absolute atomic E-state index is 0. The Balaban J connectivity index is 0.00000280. The van der Waals surface area contributed by atoms with Crippen LogP contribution in [-0.2, 0) is 14.4 Å². The monoisotopic (exact) mass is 589 g/mol. The molecule has 2 aromatic carbocycles. The van der Waals surface area contributed by atoms with E-state index < -0.39 is 12.1 Å². The Morgan fingerprint density at radius 2 is 1.52 bits per heavy atom. The van der Waals surface area contributed by atoms with E-state index >= 15 is 0 Å². The highest BCUT2D eigenvalue weighted by molar-refractivity contribution is 5.94. The van der Waals surface area contributed by atoms with Crippen molar-refractivity contribution >= 4 is 17.7 Å². The standard InChI is InChI=1S/C30H41N5O3.2ClH/c1-3-24(32-2)28(36)34-27-22(18-19-31)14-15-23-16-17-25(35(23)30(27)38)29(37)33-26(20-10-6-4-7-11-20)21-12-8-5-9-13-21;;/h4-13,22-27,32H,3,14-19,31H2,1-2H3,(H,33,37)(H,34,36);2*1H/p-2/t22-,23+,24+,25+,27+;;/m1../s1. The third-order valence-corrected chi connectivity index (χ3v) is 8.13. The van der Waals surface area contributed by atoms with Gasteiger partial charge in [-0.25, -0.2) is 0 Å². The van der Waals surface area contributed by atoms with Gasteiger partial charge in [0.25, 0.3) is 0 Å². The lowest BCUT2D eigenvalue weighted by Gasteiger charge is -2.33. The number of carbonyl (C=O) groups is 3. The van der Waals surface area contributed by atoms with Gasteiger partial charge in [-0.2, -0.15) is 0 Å². The number of nitrogens with one attached hydrogen (secondary N) is 3. The molecular formula is C30H41Cl2N5O3-2. The summed E-state index contributed by atoms with van der Waals surface area (Å²) in [6.07, 6.45) is 4.23.